The van der Waals surface area contributed by atoms with E-state index in [1.807, 2.05) is 0 Å². The second-order valence-corrected chi connectivity index (χ2v) is 6.41. The van der Waals surface area contributed by atoms with E-state index in [4.69, 9.17) is 19.7 Å². The number of carbonyl (C=O) groups is 1. The Morgan fingerprint density at radius 1 is 1.34 bits per heavy atom. The highest BCUT2D eigenvalue weighted by Gasteiger charge is 2.13. The van der Waals surface area contributed by atoms with Crippen molar-refractivity contribution in [3.8, 4) is 11.5 Å². The van der Waals surface area contributed by atoms with Gasteiger partial charge in [0.25, 0.3) is 5.95 Å². The van der Waals surface area contributed by atoms with E-state index in [0.29, 0.717) is 28.1 Å². The van der Waals surface area contributed by atoms with Crippen molar-refractivity contribution in [2.24, 2.45) is 5.10 Å². The normalized spacial score (nSPS) is 10.8. The molecule has 11 nitrogen and oxygen atoms in total. The number of rotatable bonds is 9. The van der Waals surface area contributed by atoms with Crippen molar-refractivity contribution in [1.82, 2.24) is 14.9 Å². The van der Waals surface area contributed by atoms with Crippen LogP contribution >= 0.6 is 11.8 Å². The number of thioether (sulfide) groups is 1. The van der Waals surface area contributed by atoms with E-state index in [1.165, 1.54) is 24.3 Å². The lowest BCUT2D eigenvalue weighted by Gasteiger charge is -2.11. The molecule has 3 rings (SSSR count). The first-order valence-electron chi connectivity index (χ1n) is 8.28. The number of hydrogen-bond donors (Lipinski definition) is 3. The van der Waals surface area contributed by atoms with E-state index in [0.717, 1.165) is 11.8 Å². The Hall–Kier alpha value is -3.67. The fourth-order valence-corrected chi connectivity index (χ4v) is 2.84. The minimum absolute atomic E-state index is 0.0696. The Bertz CT molecular complexity index is 988. The molecule has 0 bridgehead atoms. The zero-order valence-corrected chi connectivity index (χ0v) is 16.5. The predicted molar refractivity (Wildman–Crippen MR) is 109 cm³/mol. The second-order valence-electron chi connectivity index (χ2n) is 5.46. The SMILES string of the molecule is COc1ccc(NC(=O)CSc2nnc(N/N=C/c3ccco3)n2N)c(OC)c1. The van der Waals surface area contributed by atoms with Gasteiger partial charge < -0.3 is 25.1 Å². The lowest BCUT2D eigenvalue weighted by Crippen LogP contribution is -2.17. The van der Waals surface area contributed by atoms with E-state index in [2.05, 4.69) is 26.0 Å². The highest BCUT2D eigenvalue weighted by molar-refractivity contribution is 7.99. The number of nitrogens with two attached hydrogens (primary N) is 1. The Morgan fingerprint density at radius 3 is 2.93 bits per heavy atom. The van der Waals surface area contributed by atoms with Crippen LogP contribution in [-0.4, -0.2) is 47.0 Å². The van der Waals surface area contributed by atoms with Crippen molar-refractivity contribution in [2.75, 3.05) is 36.6 Å². The minimum atomic E-state index is -0.258. The number of nitrogens with one attached hydrogen (secondary N) is 2. The number of amides is 1. The zero-order chi connectivity index (χ0) is 20.6. The number of hydrazone groups is 1. The van der Waals surface area contributed by atoms with E-state index in [-0.39, 0.29) is 17.6 Å². The highest BCUT2D eigenvalue weighted by atomic mass is 32.2. The first kappa shape index (κ1) is 20.1. The molecule has 0 spiro atoms. The highest BCUT2D eigenvalue weighted by Crippen LogP contribution is 2.29. The van der Waals surface area contributed by atoms with Crippen LogP contribution in [-0.2, 0) is 4.79 Å². The summed E-state index contributed by atoms with van der Waals surface area (Å²) in [4.78, 5) is 12.3. The van der Waals surface area contributed by atoms with Gasteiger partial charge in [0.1, 0.15) is 17.3 Å². The first-order chi connectivity index (χ1) is 14.1. The Balaban J connectivity index is 1.55. The van der Waals surface area contributed by atoms with Crippen LogP contribution in [0.2, 0.25) is 0 Å². The summed E-state index contributed by atoms with van der Waals surface area (Å²) >= 11 is 1.12. The van der Waals surface area contributed by atoms with Crippen molar-refractivity contribution in [2.45, 2.75) is 5.16 Å². The summed E-state index contributed by atoms with van der Waals surface area (Å²) < 4.78 is 16.7. The third-order valence-corrected chi connectivity index (χ3v) is 4.52. The zero-order valence-electron chi connectivity index (χ0n) is 15.7. The first-order valence-corrected chi connectivity index (χ1v) is 9.27. The number of carbonyl (C=O) groups excluding carboxylic acids is 1. The van der Waals surface area contributed by atoms with Gasteiger partial charge in [-0.1, -0.05) is 11.8 Å². The van der Waals surface area contributed by atoms with Gasteiger partial charge in [-0.3, -0.25) is 4.79 Å². The molecular formula is C17H19N7O4S. The molecule has 2 aromatic heterocycles. The number of nitrogens with zero attached hydrogens (tertiary/aromatic N) is 4. The lowest BCUT2D eigenvalue weighted by atomic mass is 10.2. The molecule has 1 aromatic carbocycles. The molecule has 0 aliphatic carbocycles. The summed E-state index contributed by atoms with van der Waals surface area (Å²) in [6, 6.07) is 8.60. The molecule has 0 atom stereocenters. The van der Waals surface area contributed by atoms with Crippen LogP contribution in [0, 0.1) is 0 Å². The summed E-state index contributed by atoms with van der Waals surface area (Å²) in [7, 11) is 3.07. The van der Waals surface area contributed by atoms with Crippen LogP contribution in [0.5, 0.6) is 11.5 Å². The average Bonchev–Trinajstić information content (AvgIpc) is 3.37. The van der Waals surface area contributed by atoms with Crippen LogP contribution in [0.25, 0.3) is 0 Å². The molecule has 2 heterocycles. The topological polar surface area (TPSA) is 142 Å². The van der Waals surface area contributed by atoms with Gasteiger partial charge in [0.05, 0.1) is 38.1 Å². The molecule has 0 fully saturated rings. The number of methoxy groups -OCH3 is 2. The Kier molecular flexibility index (Phi) is 6.58. The van der Waals surface area contributed by atoms with Crippen molar-refractivity contribution in [1.29, 1.82) is 0 Å². The molecule has 12 heteroatoms. The maximum atomic E-state index is 12.3. The van der Waals surface area contributed by atoms with Crippen molar-refractivity contribution in [3.05, 3.63) is 42.4 Å². The van der Waals surface area contributed by atoms with Gasteiger partial charge in [0, 0.05) is 6.07 Å². The molecule has 0 unspecified atom stereocenters. The summed E-state index contributed by atoms with van der Waals surface area (Å²) in [5.74, 6) is 7.64. The van der Waals surface area contributed by atoms with Crippen LogP contribution in [0.3, 0.4) is 0 Å². The standard InChI is InChI=1S/C17H19N7O4S/c1-26-11-5-6-13(14(8-11)27-2)20-15(25)10-29-17-23-22-16(24(17)18)21-19-9-12-4-3-7-28-12/h3-9H,10,18H2,1-2H3,(H,20,25)(H,21,22)/b19-9+. The molecular weight excluding hydrogens is 398 g/mol. The van der Waals surface area contributed by atoms with Crippen LogP contribution < -0.4 is 26.1 Å². The van der Waals surface area contributed by atoms with E-state index < -0.39 is 0 Å². The van der Waals surface area contributed by atoms with E-state index in [1.54, 1.807) is 37.4 Å². The fourth-order valence-electron chi connectivity index (χ4n) is 2.19. The van der Waals surface area contributed by atoms with Crippen molar-refractivity contribution in [3.63, 3.8) is 0 Å². The van der Waals surface area contributed by atoms with Gasteiger partial charge in [-0.05, 0) is 24.3 Å². The number of nitrogen functional groups attached to an aromatic ring is 1. The maximum absolute atomic E-state index is 12.3. The summed E-state index contributed by atoms with van der Waals surface area (Å²) in [5, 5.41) is 14.9. The summed E-state index contributed by atoms with van der Waals surface area (Å²) in [6.45, 7) is 0. The van der Waals surface area contributed by atoms with Gasteiger partial charge >= 0.3 is 0 Å². The smallest absolute Gasteiger partial charge is 0.264 e. The van der Waals surface area contributed by atoms with Crippen LogP contribution in [0.15, 0.2) is 51.3 Å². The van der Waals surface area contributed by atoms with Crippen molar-refractivity contribution < 1.29 is 18.7 Å². The third-order valence-electron chi connectivity index (χ3n) is 3.58. The predicted octanol–water partition coefficient (Wildman–Crippen LogP) is 1.78. The minimum Gasteiger partial charge on any atom is -0.497 e. The largest absolute Gasteiger partial charge is 0.497 e. The number of furan rings is 1. The molecule has 1 amide bonds. The molecule has 152 valence electrons. The quantitative estimate of drug-likeness (QED) is 0.205. The molecule has 0 radical (unpaired) electrons. The molecule has 29 heavy (non-hydrogen) atoms. The average molecular weight is 417 g/mol. The fraction of sp³-hybridized carbons (Fsp3) is 0.176. The Morgan fingerprint density at radius 2 is 2.21 bits per heavy atom. The molecule has 0 aliphatic heterocycles. The Labute approximate surface area is 170 Å². The molecule has 0 aliphatic rings. The second kappa shape index (κ2) is 9.50. The maximum Gasteiger partial charge on any atom is 0.264 e. The molecule has 0 saturated carbocycles. The van der Waals surface area contributed by atoms with E-state index >= 15 is 0 Å². The summed E-state index contributed by atoms with van der Waals surface area (Å²) in [5.41, 5.74) is 3.19. The number of aromatic nitrogens is 3. The number of hydrogen-bond acceptors (Lipinski definition) is 10. The third kappa shape index (κ3) is 5.19. The number of ether oxygens (including phenoxy) is 2. The number of anilines is 2. The van der Waals surface area contributed by atoms with Crippen molar-refractivity contribution >= 4 is 35.5 Å². The molecule has 3 aromatic rings. The van der Waals surface area contributed by atoms with Crippen LogP contribution in [0.4, 0.5) is 11.6 Å². The monoisotopic (exact) mass is 417 g/mol. The molecule has 4 N–H and O–H groups in total. The summed E-state index contributed by atoms with van der Waals surface area (Å²) in [6.07, 6.45) is 3.01. The van der Waals surface area contributed by atoms with Crippen LogP contribution in [0.1, 0.15) is 5.76 Å². The van der Waals surface area contributed by atoms with Gasteiger partial charge in [0.15, 0.2) is 0 Å². The van der Waals surface area contributed by atoms with Gasteiger partial charge in [-0.25, -0.2) is 10.1 Å². The van der Waals surface area contributed by atoms with Gasteiger partial charge in [0.2, 0.25) is 11.1 Å². The lowest BCUT2D eigenvalue weighted by molar-refractivity contribution is -0.113. The van der Waals surface area contributed by atoms with E-state index in [9.17, 15) is 4.79 Å². The molecule has 0 saturated heterocycles. The van der Waals surface area contributed by atoms with Gasteiger partial charge in [-0.2, -0.15) is 5.10 Å². The van der Waals surface area contributed by atoms with Gasteiger partial charge in [-0.15, -0.1) is 10.2 Å². The number of benzene rings is 1.